The highest BCUT2D eigenvalue weighted by atomic mass is 16.6. The highest BCUT2D eigenvalue weighted by Gasteiger charge is 2.25. The molecule has 4 rings (SSSR count). The van der Waals surface area contributed by atoms with Crippen LogP contribution < -0.4 is 10.6 Å². The highest BCUT2D eigenvalue weighted by Crippen LogP contribution is 2.31. The van der Waals surface area contributed by atoms with Gasteiger partial charge in [0.2, 0.25) is 0 Å². The van der Waals surface area contributed by atoms with Gasteiger partial charge < -0.3 is 15.6 Å². The maximum absolute atomic E-state index is 12.3. The molecular formula is C20H21N5O3. The molecule has 1 amide bonds. The van der Waals surface area contributed by atoms with Crippen LogP contribution in [0.1, 0.15) is 35.4 Å². The maximum Gasteiger partial charge on any atom is 0.293 e. The molecule has 0 spiro atoms. The Morgan fingerprint density at radius 1 is 1.25 bits per heavy atom. The zero-order valence-electron chi connectivity index (χ0n) is 15.3. The summed E-state index contributed by atoms with van der Waals surface area (Å²) in [6.45, 7) is 0.464. The lowest BCUT2D eigenvalue weighted by atomic mass is 10.1. The summed E-state index contributed by atoms with van der Waals surface area (Å²) in [6.07, 6.45) is 3.46. The molecule has 1 fully saturated rings. The molecule has 0 atom stereocenters. The summed E-state index contributed by atoms with van der Waals surface area (Å²) in [6, 6.07) is 12.7. The number of hydrogen-bond donors (Lipinski definition) is 3. The largest absolute Gasteiger partial charge is 0.377 e. The van der Waals surface area contributed by atoms with Gasteiger partial charge in [0.1, 0.15) is 11.5 Å². The second-order valence-corrected chi connectivity index (χ2v) is 6.97. The van der Waals surface area contributed by atoms with Crippen molar-refractivity contribution in [2.75, 3.05) is 11.9 Å². The molecule has 1 saturated carbocycles. The monoisotopic (exact) mass is 379 g/mol. The Hall–Kier alpha value is -3.42. The normalized spacial score (nSPS) is 13.4. The lowest BCUT2D eigenvalue weighted by Crippen LogP contribution is -2.25. The first kappa shape index (κ1) is 18.0. The van der Waals surface area contributed by atoms with Gasteiger partial charge >= 0.3 is 0 Å². The van der Waals surface area contributed by atoms with Crippen molar-refractivity contribution in [3.63, 3.8) is 0 Å². The predicted octanol–water partition coefficient (Wildman–Crippen LogP) is 3.41. The topological polar surface area (TPSA) is 113 Å². The lowest BCUT2D eigenvalue weighted by molar-refractivity contribution is -0.384. The van der Waals surface area contributed by atoms with Crippen LogP contribution in [0.4, 0.5) is 11.4 Å². The fourth-order valence-corrected chi connectivity index (χ4v) is 3.08. The van der Waals surface area contributed by atoms with E-state index in [4.69, 9.17) is 0 Å². The number of aromatic nitrogens is 2. The second kappa shape index (κ2) is 7.67. The second-order valence-electron chi connectivity index (χ2n) is 6.97. The molecule has 28 heavy (non-hydrogen) atoms. The van der Waals surface area contributed by atoms with E-state index in [1.807, 2.05) is 24.3 Å². The summed E-state index contributed by atoms with van der Waals surface area (Å²) in [5.41, 5.74) is 2.61. The molecule has 2 aromatic carbocycles. The smallest absolute Gasteiger partial charge is 0.293 e. The number of aromatic amines is 1. The van der Waals surface area contributed by atoms with E-state index in [1.54, 1.807) is 12.1 Å². The van der Waals surface area contributed by atoms with Crippen molar-refractivity contribution in [1.82, 2.24) is 15.3 Å². The number of hydrogen-bond acceptors (Lipinski definition) is 5. The van der Waals surface area contributed by atoms with E-state index in [2.05, 4.69) is 20.6 Å². The van der Waals surface area contributed by atoms with Gasteiger partial charge in [0.05, 0.1) is 16.0 Å². The molecule has 3 aromatic rings. The average molecular weight is 379 g/mol. The van der Waals surface area contributed by atoms with E-state index >= 15 is 0 Å². The van der Waals surface area contributed by atoms with Gasteiger partial charge in [0, 0.05) is 30.6 Å². The number of nitro benzene ring substituents is 1. The van der Waals surface area contributed by atoms with Crippen LogP contribution in [0.15, 0.2) is 42.5 Å². The zero-order chi connectivity index (χ0) is 19.5. The quantitative estimate of drug-likeness (QED) is 0.315. The number of nitrogens with zero attached hydrogens (tertiary/aromatic N) is 2. The van der Waals surface area contributed by atoms with Crippen LogP contribution in [0.5, 0.6) is 0 Å². The number of carbonyl (C=O) groups excluding carboxylic acids is 1. The molecule has 3 N–H and O–H groups in total. The first-order valence-corrected chi connectivity index (χ1v) is 9.37. The number of carbonyl (C=O) groups is 1. The van der Waals surface area contributed by atoms with Gasteiger partial charge in [-0.25, -0.2) is 4.98 Å². The van der Waals surface area contributed by atoms with E-state index in [0.29, 0.717) is 24.7 Å². The number of imidazole rings is 1. The molecule has 0 radical (unpaired) electrons. The molecule has 0 saturated heterocycles. The predicted molar refractivity (Wildman–Crippen MR) is 106 cm³/mol. The summed E-state index contributed by atoms with van der Waals surface area (Å²) in [4.78, 5) is 31.0. The number of nitro groups is 1. The number of rotatable bonds is 8. The number of fused-ring (bicyclic) bond motifs is 1. The Morgan fingerprint density at radius 2 is 2.07 bits per heavy atom. The Balaban J connectivity index is 1.32. The van der Waals surface area contributed by atoms with Crippen LogP contribution in [0.2, 0.25) is 0 Å². The van der Waals surface area contributed by atoms with Gasteiger partial charge in [-0.05, 0) is 43.5 Å². The Labute approximate surface area is 161 Å². The SMILES string of the molecule is O=C(NCCCc1nc2ccccc2[nH]1)c1ccc(NC2CC2)c([N+](=O)[O-])c1. The van der Waals surface area contributed by atoms with Crippen molar-refractivity contribution in [3.05, 3.63) is 64.0 Å². The van der Waals surface area contributed by atoms with Crippen LogP contribution in [-0.2, 0) is 6.42 Å². The number of nitrogens with one attached hydrogen (secondary N) is 3. The fourth-order valence-electron chi connectivity index (χ4n) is 3.08. The summed E-state index contributed by atoms with van der Waals surface area (Å²) >= 11 is 0. The molecule has 1 heterocycles. The van der Waals surface area contributed by atoms with Crippen LogP contribution in [0, 0.1) is 10.1 Å². The van der Waals surface area contributed by atoms with Crippen molar-refractivity contribution in [1.29, 1.82) is 0 Å². The molecule has 8 heteroatoms. The molecular weight excluding hydrogens is 358 g/mol. The number of aryl methyl sites for hydroxylation is 1. The standard InChI is InChI=1S/C20H21N5O3/c26-20(13-7-10-17(22-14-8-9-14)18(12-13)25(27)28)21-11-3-6-19-23-15-4-1-2-5-16(15)24-19/h1-2,4-5,7,10,12,14,22H,3,6,8-9,11H2,(H,21,26)(H,23,24). The molecule has 8 nitrogen and oxygen atoms in total. The Morgan fingerprint density at radius 3 is 2.82 bits per heavy atom. The van der Waals surface area contributed by atoms with Crippen molar-refractivity contribution in [2.24, 2.45) is 0 Å². The van der Waals surface area contributed by atoms with E-state index < -0.39 is 4.92 Å². The molecule has 1 aromatic heterocycles. The minimum Gasteiger partial charge on any atom is -0.377 e. The molecule has 0 aliphatic heterocycles. The van der Waals surface area contributed by atoms with Crippen LogP contribution in [0.3, 0.4) is 0 Å². The number of para-hydroxylation sites is 2. The van der Waals surface area contributed by atoms with Crippen molar-refractivity contribution in [3.8, 4) is 0 Å². The summed E-state index contributed by atoms with van der Waals surface area (Å²) < 4.78 is 0. The molecule has 0 unspecified atom stereocenters. The maximum atomic E-state index is 12.3. The van der Waals surface area contributed by atoms with Gasteiger partial charge in [0.15, 0.2) is 0 Å². The number of H-pyrrole nitrogens is 1. The lowest BCUT2D eigenvalue weighted by Gasteiger charge is -2.08. The zero-order valence-corrected chi connectivity index (χ0v) is 15.3. The van der Waals surface area contributed by atoms with Crippen LogP contribution in [0.25, 0.3) is 11.0 Å². The summed E-state index contributed by atoms with van der Waals surface area (Å²) in [5.74, 6) is 0.562. The molecule has 1 aliphatic carbocycles. The average Bonchev–Trinajstić information content (AvgIpc) is 3.41. The van der Waals surface area contributed by atoms with E-state index in [1.165, 1.54) is 6.07 Å². The summed E-state index contributed by atoms with van der Waals surface area (Å²) in [5, 5.41) is 17.3. The van der Waals surface area contributed by atoms with Gasteiger partial charge in [0.25, 0.3) is 11.6 Å². The minimum atomic E-state index is -0.455. The number of anilines is 1. The van der Waals surface area contributed by atoms with Gasteiger partial charge in [-0.2, -0.15) is 0 Å². The summed E-state index contributed by atoms with van der Waals surface area (Å²) in [7, 11) is 0. The Kier molecular flexibility index (Phi) is 4.92. The van der Waals surface area contributed by atoms with Gasteiger partial charge in [-0.1, -0.05) is 12.1 Å². The van der Waals surface area contributed by atoms with Gasteiger partial charge in [-0.3, -0.25) is 14.9 Å². The Bertz CT molecular complexity index is 993. The van der Waals surface area contributed by atoms with Gasteiger partial charge in [-0.15, -0.1) is 0 Å². The van der Waals surface area contributed by atoms with Crippen molar-refractivity contribution < 1.29 is 9.72 Å². The minimum absolute atomic E-state index is 0.0678. The third-order valence-corrected chi connectivity index (χ3v) is 4.71. The number of amides is 1. The first-order chi connectivity index (χ1) is 13.6. The molecule has 144 valence electrons. The highest BCUT2D eigenvalue weighted by molar-refractivity contribution is 5.95. The molecule has 1 aliphatic rings. The number of benzene rings is 2. The van der Waals surface area contributed by atoms with Crippen molar-refractivity contribution in [2.45, 2.75) is 31.7 Å². The van der Waals surface area contributed by atoms with Crippen LogP contribution in [-0.4, -0.2) is 33.4 Å². The fraction of sp³-hybridized carbons (Fsp3) is 0.300. The van der Waals surface area contributed by atoms with E-state index in [0.717, 1.165) is 36.1 Å². The van der Waals surface area contributed by atoms with E-state index in [-0.39, 0.29) is 17.2 Å². The molecule has 0 bridgehead atoms. The van der Waals surface area contributed by atoms with Crippen LogP contribution >= 0.6 is 0 Å². The third kappa shape index (κ3) is 4.11. The third-order valence-electron chi connectivity index (χ3n) is 4.71. The first-order valence-electron chi connectivity index (χ1n) is 9.37. The van der Waals surface area contributed by atoms with E-state index in [9.17, 15) is 14.9 Å². The van der Waals surface area contributed by atoms with Crippen molar-refractivity contribution >= 4 is 28.3 Å².